The molecule has 5 rings (SSSR count). The molecule has 212 valence electrons. The van der Waals surface area contributed by atoms with Crippen LogP contribution in [0.3, 0.4) is 0 Å². The summed E-state index contributed by atoms with van der Waals surface area (Å²) < 4.78 is 30.5. The average Bonchev–Trinajstić information content (AvgIpc) is 3.55. The molecule has 0 spiro atoms. The number of rotatable bonds is 9. The van der Waals surface area contributed by atoms with E-state index < -0.39 is 22.7 Å². The van der Waals surface area contributed by atoms with Crippen LogP contribution in [-0.4, -0.2) is 40.5 Å². The van der Waals surface area contributed by atoms with Gasteiger partial charge in [-0.2, -0.15) is 0 Å². The Hall–Kier alpha value is -4.57. The molecule has 3 N–H and O–H groups in total. The normalized spacial score (nSPS) is 17.4. The van der Waals surface area contributed by atoms with Gasteiger partial charge in [0, 0.05) is 23.1 Å². The van der Waals surface area contributed by atoms with Gasteiger partial charge < -0.3 is 24.7 Å². The van der Waals surface area contributed by atoms with E-state index in [4.69, 9.17) is 19.6 Å². The second kappa shape index (κ2) is 10.4. The molecule has 9 nitrogen and oxygen atoms in total. The van der Waals surface area contributed by atoms with Gasteiger partial charge in [0.15, 0.2) is 17.9 Å². The van der Waals surface area contributed by atoms with E-state index in [0.29, 0.717) is 50.9 Å². The van der Waals surface area contributed by atoms with Crippen LogP contribution >= 0.6 is 0 Å². The first-order valence-corrected chi connectivity index (χ1v) is 13.0. The summed E-state index contributed by atoms with van der Waals surface area (Å²) in [5, 5.41) is 11.6. The number of aromatic nitrogens is 2. The van der Waals surface area contributed by atoms with E-state index in [1.165, 1.54) is 25.6 Å². The zero-order valence-electron chi connectivity index (χ0n) is 23.2. The summed E-state index contributed by atoms with van der Waals surface area (Å²) >= 11 is 0. The van der Waals surface area contributed by atoms with Crippen molar-refractivity contribution in [2.75, 3.05) is 13.7 Å². The summed E-state index contributed by atoms with van der Waals surface area (Å²) in [5.41, 5.74) is 6.37. The molecule has 3 heterocycles. The highest BCUT2D eigenvalue weighted by Gasteiger charge is 2.45. The Labute approximate surface area is 236 Å². The summed E-state index contributed by atoms with van der Waals surface area (Å²) in [5.74, 6) is 0.131. The van der Waals surface area contributed by atoms with E-state index in [1.807, 2.05) is 6.92 Å². The molecule has 4 aromatic rings. The number of halogens is 1. The number of nitrogens with two attached hydrogens (primary N) is 1. The van der Waals surface area contributed by atoms with Crippen LogP contribution in [0.2, 0.25) is 0 Å². The summed E-state index contributed by atoms with van der Waals surface area (Å²) in [6.07, 6.45) is 1.36. The molecule has 0 aliphatic carbocycles. The third-order valence-electron chi connectivity index (χ3n) is 7.64. The largest absolute Gasteiger partial charge is 0.496 e. The molecule has 41 heavy (non-hydrogen) atoms. The maximum Gasteiger partial charge on any atom is 0.231 e. The molecule has 0 fully saturated rings. The molecule has 2 aromatic carbocycles. The van der Waals surface area contributed by atoms with E-state index in [1.54, 1.807) is 50.2 Å². The Morgan fingerprint density at radius 1 is 1.20 bits per heavy atom. The van der Waals surface area contributed by atoms with Crippen molar-refractivity contribution in [3.8, 4) is 34.1 Å². The van der Waals surface area contributed by atoms with Crippen molar-refractivity contribution in [1.82, 2.24) is 9.97 Å². The minimum absolute atomic E-state index is 0.00302. The van der Waals surface area contributed by atoms with E-state index in [9.17, 15) is 19.1 Å². The number of ketones is 1. The number of carbonyl (C=O) groups excluding carboxylic acids is 2. The second-order valence-corrected chi connectivity index (χ2v) is 10.6. The third-order valence-corrected chi connectivity index (χ3v) is 7.64. The number of methoxy groups -OCH3 is 1. The van der Waals surface area contributed by atoms with Gasteiger partial charge in [-0.05, 0) is 69.7 Å². The lowest BCUT2D eigenvalue weighted by Crippen LogP contribution is -2.40. The molecule has 0 saturated carbocycles. The van der Waals surface area contributed by atoms with E-state index in [2.05, 4.69) is 9.97 Å². The molecule has 1 aliphatic heterocycles. The maximum atomic E-state index is 13.6. The molecule has 2 atom stereocenters. The molecule has 0 bridgehead atoms. The van der Waals surface area contributed by atoms with Crippen LogP contribution in [0, 0.1) is 12.7 Å². The molecule has 2 aromatic heterocycles. The number of nitrogens with zero attached hydrogens (tertiary/aromatic N) is 2. The van der Waals surface area contributed by atoms with E-state index in [-0.39, 0.29) is 30.9 Å². The first-order chi connectivity index (χ1) is 19.4. The standard InChI is InChI=1S/C31H30FN3O6/c1-17-27(41-16-34-17)21-10-7-19(13-24(21)39-4)23(36)11-12-31(3,38)25-14-22-28(40-15-30(22,2)29(33)37)26(35-25)18-5-8-20(32)9-6-18/h5-10,13-14,16,38H,11-12,15H2,1-4H3,(H2,33,37)/t30-,31-/m0/s1. The van der Waals surface area contributed by atoms with Crippen LogP contribution in [0.15, 0.2) is 59.3 Å². The number of fused-ring (bicyclic) bond motifs is 1. The third kappa shape index (κ3) is 5.06. The Morgan fingerprint density at radius 2 is 1.93 bits per heavy atom. The van der Waals surface area contributed by atoms with E-state index >= 15 is 0 Å². The van der Waals surface area contributed by atoms with Crippen LogP contribution in [0.1, 0.15) is 54.0 Å². The maximum absolute atomic E-state index is 13.6. The number of hydrogen-bond donors (Lipinski definition) is 2. The first-order valence-electron chi connectivity index (χ1n) is 13.0. The number of ether oxygens (including phenoxy) is 2. The number of oxazole rings is 1. The molecule has 0 unspecified atom stereocenters. The van der Waals surface area contributed by atoms with Crippen molar-refractivity contribution in [3.63, 3.8) is 0 Å². The molecule has 0 saturated heterocycles. The second-order valence-electron chi connectivity index (χ2n) is 10.6. The number of benzene rings is 2. The van der Waals surface area contributed by atoms with Gasteiger partial charge in [-0.25, -0.2) is 14.4 Å². The fourth-order valence-corrected chi connectivity index (χ4v) is 4.91. The van der Waals surface area contributed by atoms with Crippen molar-refractivity contribution >= 4 is 11.7 Å². The van der Waals surface area contributed by atoms with Crippen molar-refractivity contribution in [2.24, 2.45) is 5.73 Å². The van der Waals surface area contributed by atoms with Crippen molar-refractivity contribution in [3.05, 3.63) is 83.3 Å². The van der Waals surface area contributed by atoms with Crippen LogP contribution < -0.4 is 15.2 Å². The SMILES string of the molecule is COc1cc(C(=O)CC[C@](C)(O)c2cc3c(c(-c4ccc(F)cc4)n2)OC[C@]3(C)C(N)=O)ccc1-c1ocnc1C. The van der Waals surface area contributed by atoms with Crippen molar-refractivity contribution in [1.29, 1.82) is 0 Å². The minimum Gasteiger partial charge on any atom is -0.496 e. The highest BCUT2D eigenvalue weighted by atomic mass is 19.1. The lowest BCUT2D eigenvalue weighted by Gasteiger charge is -2.26. The summed E-state index contributed by atoms with van der Waals surface area (Å²) in [6, 6.07) is 12.3. The van der Waals surface area contributed by atoms with Crippen LogP contribution in [0.5, 0.6) is 11.5 Å². The number of aliphatic hydroxyl groups is 1. The Morgan fingerprint density at radius 3 is 2.56 bits per heavy atom. The summed E-state index contributed by atoms with van der Waals surface area (Å²) in [7, 11) is 1.51. The zero-order chi connectivity index (χ0) is 29.5. The fraction of sp³-hybridized carbons (Fsp3) is 0.290. The molecule has 1 aliphatic rings. The number of primary amides is 1. The Balaban J connectivity index is 1.45. The zero-order valence-corrected chi connectivity index (χ0v) is 23.2. The average molecular weight is 560 g/mol. The lowest BCUT2D eigenvalue weighted by molar-refractivity contribution is -0.123. The van der Waals surface area contributed by atoms with Crippen molar-refractivity contribution < 1.29 is 33.0 Å². The number of pyridine rings is 1. The van der Waals surface area contributed by atoms with Gasteiger partial charge in [-0.1, -0.05) is 6.07 Å². The highest BCUT2D eigenvalue weighted by Crippen LogP contribution is 2.46. The predicted octanol–water partition coefficient (Wildman–Crippen LogP) is 4.87. The lowest BCUT2D eigenvalue weighted by atomic mass is 9.81. The Kier molecular flexibility index (Phi) is 7.12. The fourth-order valence-electron chi connectivity index (χ4n) is 4.91. The monoisotopic (exact) mass is 559 g/mol. The van der Waals surface area contributed by atoms with Crippen LogP contribution in [0.4, 0.5) is 4.39 Å². The number of hydrogen-bond acceptors (Lipinski definition) is 8. The van der Waals surface area contributed by atoms with Crippen LogP contribution in [0.25, 0.3) is 22.6 Å². The van der Waals surface area contributed by atoms with E-state index in [0.717, 1.165) is 0 Å². The number of amides is 1. The Bertz CT molecular complexity index is 1650. The topological polar surface area (TPSA) is 138 Å². The molecule has 10 heteroatoms. The van der Waals surface area contributed by atoms with Gasteiger partial charge in [0.1, 0.15) is 40.6 Å². The molecule has 1 amide bonds. The smallest absolute Gasteiger partial charge is 0.231 e. The summed E-state index contributed by atoms with van der Waals surface area (Å²) in [4.78, 5) is 34.4. The summed E-state index contributed by atoms with van der Waals surface area (Å²) in [6.45, 7) is 5.03. The van der Waals surface area contributed by atoms with Gasteiger partial charge in [0.2, 0.25) is 5.91 Å². The minimum atomic E-state index is -1.57. The van der Waals surface area contributed by atoms with Gasteiger partial charge in [-0.3, -0.25) is 9.59 Å². The molecular formula is C31H30FN3O6. The van der Waals surface area contributed by atoms with Gasteiger partial charge in [-0.15, -0.1) is 0 Å². The number of aryl methyl sites for hydroxylation is 1. The quantitative estimate of drug-likeness (QED) is 0.277. The van der Waals surface area contributed by atoms with Gasteiger partial charge in [0.05, 0.1) is 24.1 Å². The van der Waals surface area contributed by atoms with Gasteiger partial charge in [0.25, 0.3) is 0 Å². The first kappa shape index (κ1) is 28.0. The number of Topliss-reactive ketones (excluding diaryl/α,β-unsaturated/α-hetero) is 1. The highest BCUT2D eigenvalue weighted by molar-refractivity contribution is 5.97. The van der Waals surface area contributed by atoms with Crippen LogP contribution in [-0.2, 0) is 15.8 Å². The van der Waals surface area contributed by atoms with Crippen molar-refractivity contribution in [2.45, 2.75) is 44.6 Å². The predicted molar refractivity (Wildman–Crippen MR) is 148 cm³/mol. The molecule has 0 radical (unpaired) electrons. The molecular weight excluding hydrogens is 529 g/mol. The van der Waals surface area contributed by atoms with Gasteiger partial charge >= 0.3 is 0 Å². The number of carbonyl (C=O) groups is 2.